The largest absolute Gasteiger partial charge is 0.341 e. The average Bonchev–Trinajstić information content (AvgIpc) is 2.38. The summed E-state index contributed by atoms with van der Waals surface area (Å²) in [6, 6.07) is 10.5. The fraction of sp³-hybridized carbons (Fsp3) is 0.294. The second-order valence-corrected chi connectivity index (χ2v) is 5.33. The zero-order valence-electron chi connectivity index (χ0n) is 11.3. The quantitative estimate of drug-likeness (QED) is 0.748. The Bertz CT molecular complexity index is 480. The Balaban J connectivity index is 2.52. The number of hydrogen-bond donors (Lipinski definition) is 0. The number of benzene rings is 1. The first-order valence-electron chi connectivity index (χ1n) is 6.42. The molecule has 1 heterocycles. The molecule has 1 aliphatic rings. The van der Waals surface area contributed by atoms with Crippen LogP contribution in [0.1, 0.15) is 20.3 Å². The molecule has 0 radical (unpaired) electrons. The van der Waals surface area contributed by atoms with Crippen molar-refractivity contribution in [1.29, 1.82) is 0 Å². The highest BCUT2D eigenvalue weighted by atomic mass is 15.1. The van der Waals surface area contributed by atoms with E-state index in [0.29, 0.717) is 0 Å². The zero-order valence-corrected chi connectivity index (χ0v) is 11.3. The molecule has 0 aliphatic carbocycles. The van der Waals surface area contributed by atoms with E-state index in [9.17, 15) is 0 Å². The molecule has 0 N–H and O–H groups in total. The Labute approximate surface area is 110 Å². The minimum atomic E-state index is 0.177. The number of nitrogens with zero attached hydrogens (tertiary/aromatic N) is 1. The van der Waals surface area contributed by atoms with Gasteiger partial charge < -0.3 is 4.90 Å². The molecule has 1 aliphatic heterocycles. The maximum atomic E-state index is 3.98. The van der Waals surface area contributed by atoms with Crippen LogP contribution < -0.4 is 4.90 Å². The van der Waals surface area contributed by atoms with E-state index >= 15 is 0 Å². The summed E-state index contributed by atoms with van der Waals surface area (Å²) in [6.07, 6.45) is 5.05. The molecule has 0 bridgehead atoms. The molecule has 0 amide bonds. The van der Waals surface area contributed by atoms with Crippen LogP contribution in [0.3, 0.4) is 0 Å². The lowest BCUT2D eigenvalue weighted by Crippen LogP contribution is -2.35. The van der Waals surface area contributed by atoms with E-state index < -0.39 is 0 Å². The third kappa shape index (κ3) is 2.13. The molecule has 0 saturated carbocycles. The molecule has 1 aromatic rings. The number of para-hydroxylation sites is 1. The Hall–Kier alpha value is -1.76. The van der Waals surface area contributed by atoms with Gasteiger partial charge in [0.25, 0.3) is 0 Å². The van der Waals surface area contributed by atoms with Crippen molar-refractivity contribution in [3.05, 3.63) is 66.9 Å². The molecular formula is C17H21N. The summed E-state index contributed by atoms with van der Waals surface area (Å²) in [5.41, 5.74) is 3.87. The third-order valence-electron chi connectivity index (χ3n) is 3.72. The predicted molar refractivity (Wildman–Crippen MR) is 79.6 cm³/mol. The lowest BCUT2D eigenvalue weighted by molar-refractivity contribution is 0.400. The van der Waals surface area contributed by atoms with Crippen molar-refractivity contribution in [2.24, 2.45) is 5.41 Å². The maximum Gasteiger partial charge on any atom is 0.0442 e. The van der Waals surface area contributed by atoms with E-state index in [4.69, 9.17) is 0 Å². The van der Waals surface area contributed by atoms with Crippen LogP contribution in [0.25, 0.3) is 0 Å². The Morgan fingerprint density at radius 3 is 2.33 bits per heavy atom. The SMILES string of the molecule is C=CC1=C(C=C)C(C)(C)CCN1c1ccccc1. The average molecular weight is 239 g/mol. The van der Waals surface area contributed by atoms with Crippen LogP contribution in [0, 0.1) is 5.41 Å². The van der Waals surface area contributed by atoms with Crippen LogP contribution in [0.4, 0.5) is 5.69 Å². The summed E-state index contributed by atoms with van der Waals surface area (Å²) < 4.78 is 0. The van der Waals surface area contributed by atoms with E-state index in [2.05, 4.69) is 56.2 Å². The van der Waals surface area contributed by atoms with Crippen molar-refractivity contribution in [1.82, 2.24) is 0 Å². The summed E-state index contributed by atoms with van der Waals surface area (Å²) in [4.78, 5) is 2.33. The van der Waals surface area contributed by atoms with Gasteiger partial charge in [-0.05, 0) is 35.6 Å². The third-order valence-corrected chi connectivity index (χ3v) is 3.72. The molecule has 18 heavy (non-hydrogen) atoms. The first kappa shape index (κ1) is 12.7. The fourth-order valence-corrected chi connectivity index (χ4v) is 2.62. The van der Waals surface area contributed by atoms with Gasteiger partial charge in [0.1, 0.15) is 0 Å². The second-order valence-electron chi connectivity index (χ2n) is 5.33. The zero-order chi connectivity index (χ0) is 13.2. The van der Waals surface area contributed by atoms with Gasteiger partial charge >= 0.3 is 0 Å². The molecule has 1 heteroatoms. The van der Waals surface area contributed by atoms with Crippen LogP contribution in [-0.4, -0.2) is 6.54 Å². The maximum absolute atomic E-state index is 3.98. The van der Waals surface area contributed by atoms with E-state index in [1.54, 1.807) is 0 Å². The van der Waals surface area contributed by atoms with Crippen LogP contribution in [0.5, 0.6) is 0 Å². The highest BCUT2D eigenvalue weighted by Crippen LogP contribution is 2.40. The highest BCUT2D eigenvalue weighted by molar-refractivity contribution is 5.58. The van der Waals surface area contributed by atoms with Gasteiger partial charge in [0.05, 0.1) is 0 Å². The fourth-order valence-electron chi connectivity index (χ4n) is 2.62. The number of hydrogen-bond acceptors (Lipinski definition) is 1. The van der Waals surface area contributed by atoms with Crippen molar-refractivity contribution >= 4 is 5.69 Å². The second kappa shape index (κ2) is 4.85. The lowest BCUT2D eigenvalue weighted by Gasteiger charge is -2.40. The van der Waals surface area contributed by atoms with Gasteiger partial charge in [0.15, 0.2) is 0 Å². The summed E-state index contributed by atoms with van der Waals surface area (Å²) in [5, 5.41) is 0. The summed E-state index contributed by atoms with van der Waals surface area (Å²) >= 11 is 0. The highest BCUT2D eigenvalue weighted by Gasteiger charge is 2.31. The summed E-state index contributed by atoms with van der Waals surface area (Å²) in [6.45, 7) is 13.5. The van der Waals surface area contributed by atoms with Crippen LogP contribution in [-0.2, 0) is 0 Å². The minimum absolute atomic E-state index is 0.177. The molecule has 0 spiro atoms. The molecule has 2 rings (SSSR count). The molecule has 0 aromatic heterocycles. The molecule has 94 valence electrons. The molecule has 0 saturated heterocycles. The standard InChI is InChI=1S/C17H21N/c1-5-15-16(6-2)18(13-12-17(15,3)4)14-10-8-7-9-11-14/h5-11H,1-2,12-13H2,3-4H3. The molecule has 1 nitrogen and oxygen atoms in total. The number of allylic oxidation sites excluding steroid dienone is 3. The van der Waals surface area contributed by atoms with Gasteiger partial charge in [0.2, 0.25) is 0 Å². The van der Waals surface area contributed by atoms with E-state index in [0.717, 1.165) is 13.0 Å². The van der Waals surface area contributed by atoms with Crippen LogP contribution in [0.15, 0.2) is 66.9 Å². The number of anilines is 1. The van der Waals surface area contributed by atoms with Gasteiger partial charge in [-0.1, -0.05) is 51.3 Å². The Kier molecular flexibility index (Phi) is 3.42. The van der Waals surface area contributed by atoms with Crippen molar-refractivity contribution in [2.75, 3.05) is 11.4 Å². The van der Waals surface area contributed by atoms with Crippen LogP contribution in [0.2, 0.25) is 0 Å². The molecule has 0 unspecified atom stereocenters. The van der Waals surface area contributed by atoms with E-state index in [1.807, 2.05) is 18.2 Å². The van der Waals surface area contributed by atoms with Crippen molar-refractivity contribution < 1.29 is 0 Å². The molecule has 1 aromatic carbocycles. The van der Waals surface area contributed by atoms with E-state index in [1.165, 1.54) is 17.0 Å². The Morgan fingerprint density at radius 1 is 1.11 bits per heavy atom. The summed E-state index contributed by atoms with van der Waals surface area (Å²) in [5.74, 6) is 0. The molecule has 0 atom stereocenters. The van der Waals surface area contributed by atoms with Crippen molar-refractivity contribution in [3.63, 3.8) is 0 Å². The topological polar surface area (TPSA) is 3.24 Å². The normalized spacial score (nSPS) is 18.7. The van der Waals surface area contributed by atoms with Gasteiger partial charge in [0, 0.05) is 17.9 Å². The van der Waals surface area contributed by atoms with Crippen LogP contribution >= 0.6 is 0 Å². The Morgan fingerprint density at radius 2 is 1.78 bits per heavy atom. The van der Waals surface area contributed by atoms with Gasteiger partial charge in [-0.3, -0.25) is 0 Å². The monoisotopic (exact) mass is 239 g/mol. The smallest absolute Gasteiger partial charge is 0.0442 e. The first-order valence-corrected chi connectivity index (χ1v) is 6.42. The predicted octanol–water partition coefficient (Wildman–Crippen LogP) is 4.55. The van der Waals surface area contributed by atoms with Crippen molar-refractivity contribution in [3.8, 4) is 0 Å². The first-order chi connectivity index (χ1) is 8.60. The summed E-state index contributed by atoms with van der Waals surface area (Å²) in [7, 11) is 0. The lowest BCUT2D eigenvalue weighted by atomic mass is 9.77. The molecular weight excluding hydrogens is 218 g/mol. The van der Waals surface area contributed by atoms with Gasteiger partial charge in [-0.25, -0.2) is 0 Å². The van der Waals surface area contributed by atoms with Crippen molar-refractivity contribution in [2.45, 2.75) is 20.3 Å². The van der Waals surface area contributed by atoms with E-state index in [-0.39, 0.29) is 5.41 Å². The minimum Gasteiger partial charge on any atom is -0.341 e. The van der Waals surface area contributed by atoms with Gasteiger partial charge in [-0.15, -0.1) is 0 Å². The van der Waals surface area contributed by atoms with Gasteiger partial charge in [-0.2, -0.15) is 0 Å². The molecule has 0 fully saturated rings. The number of rotatable bonds is 3.